The number of rotatable bonds is 5. The fraction of sp³-hybridized carbons (Fsp3) is 0.917. The molecule has 1 heterocycles. The number of hydrogen-bond donors (Lipinski definition) is 2. The summed E-state index contributed by atoms with van der Waals surface area (Å²) < 4.78 is 10.7. The summed E-state index contributed by atoms with van der Waals surface area (Å²) in [4.78, 5) is 11.3. The van der Waals surface area contributed by atoms with Gasteiger partial charge in [-0.15, -0.1) is 0 Å². The summed E-state index contributed by atoms with van der Waals surface area (Å²) in [6.07, 6.45) is 1.88. The Balaban J connectivity index is 1.94. The van der Waals surface area contributed by atoms with Crippen LogP contribution in [0.1, 0.15) is 33.6 Å². The molecule has 5 nitrogen and oxygen atoms in total. The summed E-state index contributed by atoms with van der Waals surface area (Å²) >= 11 is 0. The average Bonchev–Trinajstić information content (AvgIpc) is 2.67. The second-order valence-electron chi connectivity index (χ2n) is 5.27. The summed E-state index contributed by atoms with van der Waals surface area (Å²) in [5, 5.41) is 5.95. The maximum absolute atomic E-state index is 11.3. The molecule has 0 radical (unpaired) electrons. The van der Waals surface area contributed by atoms with Gasteiger partial charge in [0.2, 0.25) is 0 Å². The second kappa shape index (κ2) is 6.81. The van der Waals surface area contributed by atoms with Crippen LogP contribution in [0.15, 0.2) is 0 Å². The molecule has 2 N–H and O–H groups in total. The zero-order valence-corrected chi connectivity index (χ0v) is 11.0. The van der Waals surface area contributed by atoms with Crippen LogP contribution in [0, 0.1) is 0 Å². The molecule has 0 aromatic carbocycles. The number of amides is 1. The third kappa shape index (κ3) is 7.18. The molecule has 5 heteroatoms. The third-order valence-electron chi connectivity index (χ3n) is 2.36. The minimum atomic E-state index is -0.434. The third-order valence-corrected chi connectivity index (χ3v) is 2.36. The molecule has 0 aliphatic carbocycles. The molecule has 1 saturated heterocycles. The lowest BCUT2D eigenvalue weighted by Crippen LogP contribution is -2.33. The number of hydrogen-bond acceptors (Lipinski definition) is 4. The van der Waals surface area contributed by atoms with Gasteiger partial charge in [0, 0.05) is 19.7 Å². The molecule has 0 spiro atoms. The molecule has 0 aromatic rings. The Kier molecular flexibility index (Phi) is 5.71. The first-order valence-electron chi connectivity index (χ1n) is 6.26. The minimum absolute atomic E-state index is 0.344. The predicted molar refractivity (Wildman–Crippen MR) is 66.1 cm³/mol. The highest BCUT2D eigenvalue weighted by Gasteiger charge is 2.16. The van der Waals surface area contributed by atoms with Crippen LogP contribution in [0.2, 0.25) is 0 Å². The number of nitrogens with one attached hydrogen (secondary N) is 2. The van der Waals surface area contributed by atoms with Gasteiger partial charge in [0.15, 0.2) is 0 Å². The second-order valence-corrected chi connectivity index (χ2v) is 5.27. The largest absolute Gasteiger partial charge is 0.444 e. The molecular weight excluding hydrogens is 220 g/mol. The van der Waals surface area contributed by atoms with E-state index in [-0.39, 0.29) is 6.09 Å². The van der Waals surface area contributed by atoms with Crippen molar-refractivity contribution in [3.63, 3.8) is 0 Å². The Morgan fingerprint density at radius 1 is 1.47 bits per heavy atom. The number of carbonyl (C=O) groups excluding carboxylic acids is 1. The molecule has 1 aliphatic rings. The van der Waals surface area contributed by atoms with Crippen LogP contribution in [0.3, 0.4) is 0 Å². The lowest BCUT2D eigenvalue weighted by molar-refractivity contribution is 0.0493. The summed E-state index contributed by atoms with van der Waals surface area (Å²) in [5.74, 6) is 0. The molecule has 1 fully saturated rings. The number of alkyl carbamates (subject to hydrolysis) is 1. The van der Waals surface area contributed by atoms with E-state index >= 15 is 0 Å². The maximum Gasteiger partial charge on any atom is 0.407 e. The minimum Gasteiger partial charge on any atom is -0.444 e. The fourth-order valence-electron chi connectivity index (χ4n) is 1.60. The number of carbonyl (C=O) groups is 1. The van der Waals surface area contributed by atoms with Crippen LogP contribution in [-0.2, 0) is 9.47 Å². The van der Waals surface area contributed by atoms with E-state index in [1.54, 1.807) is 0 Å². The topological polar surface area (TPSA) is 59.6 Å². The van der Waals surface area contributed by atoms with Crippen LogP contribution < -0.4 is 10.6 Å². The highest BCUT2D eigenvalue weighted by molar-refractivity contribution is 5.67. The van der Waals surface area contributed by atoms with E-state index in [0.29, 0.717) is 19.3 Å². The lowest BCUT2D eigenvalue weighted by Gasteiger charge is -2.19. The first-order valence-corrected chi connectivity index (χ1v) is 6.26. The Labute approximate surface area is 103 Å². The van der Waals surface area contributed by atoms with Gasteiger partial charge in [-0.2, -0.15) is 0 Å². The normalized spacial score (nSPS) is 20.3. The molecule has 17 heavy (non-hydrogen) atoms. The first kappa shape index (κ1) is 14.3. The van der Waals surface area contributed by atoms with Crippen molar-refractivity contribution < 1.29 is 14.3 Å². The van der Waals surface area contributed by atoms with Gasteiger partial charge in [0.05, 0.1) is 6.10 Å². The van der Waals surface area contributed by atoms with Gasteiger partial charge in [0.25, 0.3) is 0 Å². The molecule has 1 aliphatic heterocycles. The van der Waals surface area contributed by atoms with Crippen molar-refractivity contribution >= 4 is 6.09 Å². The molecular formula is C12H24N2O3. The zero-order chi connectivity index (χ0) is 12.7. The quantitative estimate of drug-likeness (QED) is 0.715. The van der Waals surface area contributed by atoms with Gasteiger partial charge in [0.1, 0.15) is 5.60 Å². The van der Waals surface area contributed by atoms with Crippen molar-refractivity contribution in [2.45, 2.75) is 45.3 Å². The Morgan fingerprint density at radius 2 is 2.24 bits per heavy atom. The van der Waals surface area contributed by atoms with E-state index < -0.39 is 5.60 Å². The van der Waals surface area contributed by atoms with Crippen molar-refractivity contribution in [2.24, 2.45) is 0 Å². The van der Waals surface area contributed by atoms with E-state index in [1.807, 2.05) is 20.8 Å². The monoisotopic (exact) mass is 244 g/mol. The van der Waals surface area contributed by atoms with Gasteiger partial charge in [-0.25, -0.2) is 4.79 Å². The van der Waals surface area contributed by atoms with E-state index in [2.05, 4.69) is 10.6 Å². The number of ether oxygens (including phenoxy) is 2. The fourth-order valence-corrected chi connectivity index (χ4v) is 1.60. The average molecular weight is 244 g/mol. The maximum atomic E-state index is 11.3. The van der Waals surface area contributed by atoms with Crippen molar-refractivity contribution in [1.82, 2.24) is 10.6 Å². The Bertz CT molecular complexity index is 232. The summed E-state index contributed by atoms with van der Waals surface area (Å²) in [7, 11) is 0. The van der Waals surface area contributed by atoms with Crippen LogP contribution >= 0.6 is 0 Å². The van der Waals surface area contributed by atoms with E-state index in [9.17, 15) is 4.79 Å². The van der Waals surface area contributed by atoms with Gasteiger partial charge in [-0.1, -0.05) is 0 Å². The highest BCUT2D eigenvalue weighted by Crippen LogP contribution is 2.06. The van der Waals surface area contributed by atoms with Gasteiger partial charge < -0.3 is 20.1 Å². The van der Waals surface area contributed by atoms with Crippen molar-refractivity contribution in [2.75, 3.05) is 26.2 Å². The van der Waals surface area contributed by atoms with Gasteiger partial charge >= 0.3 is 6.09 Å². The SMILES string of the molecule is CC(C)(C)OC(=O)NCCCOC1CCNC1. The van der Waals surface area contributed by atoms with Crippen molar-refractivity contribution in [3.8, 4) is 0 Å². The molecule has 1 rings (SSSR count). The molecule has 0 aromatic heterocycles. The smallest absolute Gasteiger partial charge is 0.407 e. The van der Waals surface area contributed by atoms with E-state index in [1.165, 1.54) is 0 Å². The van der Waals surface area contributed by atoms with Crippen LogP contribution in [-0.4, -0.2) is 44.0 Å². The molecule has 1 amide bonds. The first-order chi connectivity index (χ1) is 7.97. The van der Waals surface area contributed by atoms with E-state index in [4.69, 9.17) is 9.47 Å². The Hall–Kier alpha value is -0.810. The molecule has 1 atom stereocenters. The van der Waals surface area contributed by atoms with Crippen molar-refractivity contribution in [1.29, 1.82) is 0 Å². The highest BCUT2D eigenvalue weighted by atomic mass is 16.6. The van der Waals surface area contributed by atoms with Gasteiger partial charge in [-0.3, -0.25) is 0 Å². The van der Waals surface area contributed by atoms with Crippen molar-refractivity contribution in [3.05, 3.63) is 0 Å². The summed E-state index contributed by atoms with van der Waals surface area (Å²) in [5.41, 5.74) is -0.434. The van der Waals surface area contributed by atoms with Crippen LogP contribution in [0.25, 0.3) is 0 Å². The summed E-state index contributed by atoms with van der Waals surface area (Å²) in [6, 6.07) is 0. The van der Waals surface area contributed by atoms with Crippen LogP contribution in [0.4, 0.5) is 4.79 Å². The molecule has 0 bridgehead atoms. The molecule has 100 valence electrons. The predicted octanol–water partition coefficient (Wildman–Crippen LogP) is 1.28. The Morgan fingerprint density at radius 3 is 2.82 bits per heavy atom. The van der Waals surface area contributed by atoms with Crippen LogP contribution in [0.5, 0.6) is 0 Å². The summed E-state index contributed by atoms with van der Waals surface area (Å²) in [6.45, 7) is 8.81. The molecule has 0 saturated carbocycles. The zero-order valence-electron chi connectivity index (χ0n) is 11.0. The van der Waals surface area contributed by atoms with E-state index in [0.717, 1.165) is 25.9 Å². The lowest BCUT2D eigenvalue weighted by atomic mass is 10.2. The standard InChI is InChI=1S/C12H24N2O3/c1-12(2,3)17-11(15)14-6-4-8-16-10-5-7-13-9-10/h10,13H,4-9H2,1-3H3,(H,14,15). The molecule has 1 unspecified atom stereocenters. The van der Waals surface area contributed by atoms with Gasteiger partial charge in [-0.05, 0) is 40.2 Å².